The molecule has 0 unspecified atom stereocenters. The topological polar surface area (TPSA) is 91.7 Å². The third-order valence-electron chi connectivity index (χ3n) is 2.61. The van der Waals surface area contributed by atoms with Crippen LogP contribution < -0.4 is 4.48 Å². The number of carbonyl (C=O) groups is 1. The van der Waals surface area contributed by atoms with Gasteiger partial charge in [0.1, 0.15) is 5.69 Å². The molecular weight excluding hydrogens is 384 g/mol. The molecule has 0 heterocycles. The molecule has 0 atom stereocenters. The number of rotatable bonds is 2. The van der Waals surface area contributed by atoms with E-state index in [1.807, 2.05) is 0 Å². The van der Waals surface area contributed by atoms with Crippen LogP contribution in [0, 0.1) is 0 Å². The molecule has 0 fully saturated rings. The van der Waals surface area contributed by atoms with E-state index in [0.29, 0.717) is 5.69 Å². The molecule has 0 aliphatic carbocycles. The zero-order chi connectivity index (χ0) is 20.4. The van der Waals surface area contributed by atoms with E-state index in [1.165, 1.54) is 6.07 Å². The van der Waals surface area contributed by atoms with E-state index in [9.17, 15) is 31.1 Å². The van der Waals surface area contributed by atoms with Crippen molar-refractivity contribution in [3.8, 4) is 0 Å². The van der Waals surface area contributed by atoms with Crippen LogP contribution >= 0.6 is 0 Å². The van der Waals surface area contributed by atoms with Gasteiger partial charge in [-0.1, -0.05) is 0 Å². The molecule has 0 saturated heterocycles. The van der Waals surface area contributed by atoms with Gasteiger partial charge in [-0.15, -0.1) is 0 Å². The first-order valence-corrected chi connectivity index (χ1v) is 7.53. The lowest BCUT2D eigenvalue weighted by Crippen LogP contribution is -2.35. The Hall–Kier alpha value is -1.86. The zero-order valence-corrected chi connectivity index (χ0v) is 13.8. The van der Waals surface area contributed by atoms with Crippen molar-refractivity contribution >= 4 is 21.8 Å². The predicted octanol–water partition coefficient (Wildman–Crippen LogP) is 2.99. The van der Waals surface area contributed by atoms with E-state index in [4.69, 9.17) is 18.1 Å². The molecular formula is C12H14F6NO5S+. The predicted molar refractivity (Wildman–Crippen MR) is 75.6 cm³/mol. The van der Waals surface area contributed by atoms with Crippen LogP contribution in [-0.4, -0.2) is 50.7 Å². The number of quaternary nitrogens is 1. The van der Waals surface area contributed by atoms with Gasteiger partial charge in [-0.2, -0.15) is 34.8 Å². The molecule has 0 spiro atoms. The summed E-state index contributed by atoms with van der Waals surface area (Å²) in [6.07, 6.45) is -4.67. The lowest BCUT2D eigenvalue weighted by Gasteiger charge is -2.24. The molecule has 0 radical (unpaired) electrons. The lowest BCUT2D eigenvalue weighted by molar-refractivity contribution is -0.138. The Labute approximate surface area is 138 Å². The number of halogens is 6. The summed E-state index contributed by atoms with van der Waals surface area (Å²) in [5.41, 5.74) is -6.99. The van der Waals surface area contributed by atoms with Crippen molar-refractivity contribution in [2.24, 2.45) is 0 Å². The minimum Gasteiger partial charge on any atom is -0.478 e. The van der Waals surface area contributed by atoms with Crippen LogP contribution in [0.3, 0.4) is 0 Å². The van der Waals surface area contributed by atoms with E-state index in [0.717, 1.165) is 12.1 Å². The van der Waals surface area contributed by atoms with Crippen LogP contribution in [0.5, 0.6) is 0 Å². The molecule has 6 nitrogen and oxygen atoms in total. The summed E-state index contributed by atoms with van der Waals surface area (Å²) in [6, 6.07) is 3.26. The minimum absolute atomic E-state index is 0.184. The molecule has 1 aromatic rings. The zero-order valence-electron chi connectivity index (χ0n) is 13.0. The van der Waals surface area contributed by atoms with Crippen molar-refractivity contribution in [1.82, 2.24) is 4.48 Å². The Balaban J connectivity index is 0.000000609. The average molecular weight is 398 g/mol. The van der Waals surface area contributed by atoms with Gasteiger partial charge >= 0.3 is 27.8 Å². The number of benzene rings is 1. The van der Waals surface area contributed by atoms with Gasteiger partial charge in [0.05, 0.1) is 32.3 Å². The summed E-state index contributed by atoms with van der Waals surface area (Å²) in [5, 5.41) is 8.72. The van der Waals surface area contributed by atoms with E-state index in [2.05, 4.69) is 0 Å². The largest absolute Gasteiger partial charge is 0.522 e. The Kier molecular flexibility index (Phi) is 6.64. The summed E-state index contributed by atoms with van der Waals surface area (Å²) in [5.74, 6) is -1.58. The average Bonchev–Trinajstić information content (AvgIpc) is 2.34. The number of alkyl halides is 6. The van der Waals surface area contributed by atoms with Crippen molar-refractivity contribution in [1.29, 1.82) is 0 Å². The first-order chi connectivity index (χ1) is 10.8. The van der Waals surface area contributed by atoms with E-state index >= 15 is 0 Å². The third kappa shape index (κ3) is 6.88. The van der Waals surface area contributed by atoms with Crippen LogP contribution in [0.2, 0.25) is 0 Å². The SMILES string of the molecule is C[N+](C)(C)c1ccc(C(=O)O)c(C(F)(F)F)c1.O=S(=O)(O)C(F)(F)F. The molecule has 0 saturated carbocycles. The highest BCUT2D eigenvalue weighted by atomic mass is 32.2. The van der Waals surface area contributed by atoms with Gasteiger partial charge in [0.2, 0.25) is 0 Å². The quantitative estimate of drug-likeness (QED) is 0.346. The summed E-state index contributed by atoms with van der Waals surface area (Å²) in [7, 11) is -0.727. The first-order valence-electron chi connectivity index (χ1n) is 6.08. The van der Waals surface area contributed by atoms with Gasteiger partial charge in [0.25, 0.3) is 0 Å². The highest BCUT2D eigenvalue weighted by molar-refractivity contribution is 7.86. The fourth-order valence-electron chi connectivity index (χ4n) is 1.37. The van der Waals surface area contributed by atoms with Crippen molar-refractivity contribution in [2.75, 3.05) is 21.1 Å². The fourth-order valence-corrected chi connectivity index (χ4v) is 1.37. The number of hydrogen-bond donors (Lipinski definition) is 2. The number of hydrogen-bond acceptors (Lipinski definition) is 3. The Bertz CT molecular complexity index is 734. The molecule has 0 aliphatic rings. The number of nitrogens with zero attached hydrogens (tertiary/aromatic N) is 1. The van der Waals surface area contributed by atoms with Gasteiger partial charge in [-0.3, -0.25) is 9.04 Å². The number of aromatic carboxylic acids is 1. The monoisotopic (exact) mass is 398 g/mol. The van der Waals surface area contributed by atoms with Gasteiger partial charge in [-0.05, 0) is 12.1 Å². The van der Waals surface area contributed by atoms with Gasteiger partial charge < -0.3 is 5.11 Å². The second kappa shape index (κ2) is 7.17. The van der Waals surface area contributed by atoms with Crippen LogP contribution in [-0.2, 0) is 16.3 Å². The van der Waals surface area contributed by atoms with E-state index in [1.54, 1.807) is 21.1 Å². The Morgan fingerprint density at radius 1 is 1.04 bits per heavy atom. The standard InChI is InChI=1S/C11H12F3NO2.CHF3O3S/c1-15(2,3)7-4-5-8(10(16)17)9(6-7)11(12,13)14;2-1(3,4)8(5,6)7/h4-6H,1-3H3;(H,5,6,7)/p+1. The van der Waals surface area contributed by atoms with Gasteiger partial charge in [-0.25, -0.2) is 4.79 Å². The highest BCUT2D eigenvalue weighted by Gasteiger charge is 2.44. The summed E-state index contributed by atoms with van der Waals surface area (Å²) < 4.78 is 95.8. The summed E-state index contributed by atoms with van der Waals surface area (Å²) in [6.45, 7) is 0. The van der Waals surface area contributed by atoms with Crippen LogP contribution in [0.4, 0.5) is 32.0 Å². The van der Waals surface area contributed by atoms with Gasteiger partial charge in [0, 0.05) is 6.07 Å². The second-order valence-electron chi connectivity index (χ2n) is 5.47. The first kappa shape index (κ1) is 23.1. The molecule has 25 heavy (non-hydrogen) atoms. The highest BCUT2D eigenvalue weighted by Crippen LogP contribution is 2.35. The normalized spacial score (nSPS) is 13.0. The minimum atomic E-state index is -5.84. The number of carboxylic acids is 1. The maximum atomic E-state index is 12.7. The third-order valence-corrected chi connectivity index (χ3v) is 3.19. The molecule has 1 rings (SSSR count). The smallest absolute Gasteiger partial charge is 0.478 e. The lowest BCUT2D eigenvalue weighted by atomic mass is 10.1. The van der Waals surface area contributed by atoms with E-state index < -0.39 is 38.9 Å². The van der Waals surface area contributed by atoms with Crippen LogP contribution in [0.25, 0.3) is 0 Å². The van der Waals surface area contributed by atoms with Crippen molar-refractivity contribution in [2.45, 2.75) is 11.7 Å². The van der Waals surface area contributed by atoms with Crippen LogP contribution in [0.15, 0.2) is 18.2 Å². The molecule has 2 N–H and O–H groups in total. The molecule has 13 heteroatoms. The van der Waals surface area contributed by atoms with Crippen molar-refractivity contribution in [3.05, 3.63) is 29.3 Å². The second-order valence-corrected chi connectivity index (χ2v) is 6.88. The fraction of sp³-hybridized carbons (Fsp3) is 0.417. The molecule has 0 bridgehead atoms. The molecule has 1 aromatic carbocycles. The molecule has 0 aliphatic heterocycles. The van der Waals surface area contributed by atoms with Crippen molar-refractivity contribution in [3.63, 3.8) is 0 Å². The summed E-state index contributed by atoms with van der Waals surface area (Å²) in [4.78, 5) is 10.7. The van der Waals surface area contributed by atoms with Crippen LogP contribution in [0.1, 0.15) is 15.9 Å². The molecule has 0 amide bonds. The maximum Gasteiger partial charge on any atom is 0.522 e. The molecule has 0 aromatic heterocycles. The van der Waals surface area contributed by atoms with Crippen molar-refractivity contribution < 1.29 is 49.2 Å². The molecule has 144 valence electrons. The Morgan fingerprint density at radius 3 is 1.68 bits per heavy atom. The summed E-state index contributed by atoms with van der Waals surface area (Å²) >= 11 is 0. The Morgan fingerprint density at radius 2 is 1.44 bits per heavy atom. The number of carboxylic acid groups (broad SMARTS) is 1. The maximum absolute atomic E-state index is 12.7. The van der Waals surface area contributed by atoms with Gasteiger partial charge in [0.15, 0.2) is 0 Å². The van der Waals surface area contributed by atoms with E-state index in [-0.39, 0.29) is 4.48 Å².